The summed E-state index contributed by atoms with van der Waals surface area (Å²) >= 11 is 5.36. The van der Waals surface area contributed by atoms with Crippen molar-refractivity contribution < 1.29 is 18.0 Å². The monoisotopic (exact) mass is 292 g/mol. The maximum Gasteiger partial charge on any atom is 0.404 e. The lowest BCUT2D eigenvalue weighted by Crippen LogP contribution is -2.30. The van der Waals surface area contributed by atoms with Gasteiger partial charge in [-0.05, 0) is 30.9 Å². The number of fused-ring (bicyclic) bond motifs is 1. The number of aryl methyl sites for hydroxylation is 1. The minimum Gasteiger partial charge on any atom is -0.310 e. The number of carbonyl (C=O) groups is 1. The van der Waals surface area contributed by atoms with Crippen molar-refractivity contribution in [2.45, 2.75) is 37.2 Å². The first-order chi connectivity index (χ1) is 8.77. The molecule has 0 aromatic carbocycles. The summed E-state index contributed by atoms with van der Waals surface area (Å²) in [6.07, 6.45) is -4.79. The zero-order valence-corrected chi connectivity index (χ0v) is 10.8. The average molecular weight is 293 g/mol. The maximum absolute atomic E-state index is 12.5. The van der Waals surface area contributed by atoms with Crippen LogP contribution in [0.1, 0.15) is 30.0 Å². The molecular weight excluding hydrogens is 281 g/mol. The molecule has 0 fully saturated rings. The van der Waals surface area contributed by atoms with Gasteiger partial charge in [-0.25, -0.2) is 4.98 Å². The number of rotatable bonds is 2. The second kappa shape index (κ2) is 5.00. The summed E-state index contributed by atoms with van der Waals surface area (Å²) in [6, 6.07) is 3.40. The fraction of sp³-hybridized carbons (Fsp3) is 0.500. The number of hydrogen-bond donors (Lipinski definition) is 1. The van der Waals surface area contributed by atoms with Gasteiger partial charge in [-0.2, -0.15) is 13.2 Å². The Morgan fingerprint density at radius 1 is 1.53 bits per heavy atom. The van der Waals surface area contributed by atoms with Crippen LogP contribution in [0.4, 0.5) is 19.0 Å². The van der Waals surface area contributed by atoms with Crippen molar-refractivity contribution in [1.82, 2.24) is 4.98 Å². The molecule has 0 saturated carbocycles. The lowest BCUT2D eigenvalue weighted by molar-refractivity contribution is -0.133. The van der Waals surface area contributed by atoms with Crippen LogP contribution in [0.3, 0.4) is 0 Å². The lowest BCUT2D eigenvalue weighted by atomic mass is 9.88. The van der Waals surface area contributed by atoms with Crippen molar-refractivity contribution in [2.24, 2.45) is 0 Å². The van der Waals surface area contributed by atoms with Crippen LogP contribution in [-0.2, 0) is 4.79 Å². The van der Waals surface area contributed by atoms with Gasteiger partial charge < -0.3 is 5.32 Å². The van der Waals surface area contributed by atoms with Crippen LogP contribution in [0.15, 0.2) is 12.1 Å². The molecule has 19 heavy (non-hydrogen) atoms. The van der Waals surface area contributed by atoms with E-state index in [0.29, 0.717) is 17.1 Å². The molecule has 1 aliphatic rings. The lowest BCUT2D eigenvalue weighted by Gasteiger charge is -2.27. The van der Waals surface area contributed by atoms with Crippen molar-refractivity contribution in [1.29, 1.82) is 0 Å². The van der Waals surface area contributed by atoms with Crippen LogP contribution in [0.2, 0.25) is 0 Å². The molecule has 1 amide bonds. The first-order valence-corrected chi connectivity index (χ1v) is 6.19. The molecule has 0 bridgehead atoms. The summed E-state index contributed by atoms with van der Waals surface area (Å²) < 4.78 is 37.5. The number of carbonyl (C=O) groups excluding carboxylic acids is 1. The number of halogens is 4. The Labute approximate surface area is 113 Å². The Balaban J connectivity index is 2.26. The Bertz CT molecular complexity index is 504. The molecule has 104 valence electrons. The van der Waals surface area contributed by atoms with Gasteiger partial charge in [0, 0.05) is 12.1 Å². The van der Waals surface area contributed by atoms with E-state index in [2.05, 4.69) is 10.3 Å². The topological polar surface area (TPSA) is 42.0 Å². The Morgan fingerprint density at radius 3 is 2.84 bits per heavy atom. The van der Waals surface area contributed by atoms with E-state index in [1.54, 1.807) is 19.1 Å². The van der Waals surface area contributed by atoms with Crippen LogP contribution in [0.5, 0.6) is 0 Å². The number of pyridine rings is 1. The van der Waals surface area contributed by atoms with E-state index >= 15 is 0 Å². The van der Waals surface area contributed by atoms with Crippen molar-refractivity contribution in [3.8, 4) is 0 Å². The minimum atomic E-state index is -4.46. The molecule has 2 rings (SSSR count). The number of aromatic nitrogens is 1. The third-order valence-corrected chi connectivity index (χ3v) is 3.47. The quantitative estimate of drug-likeness (QED) is 0.849. The second-order valence-corrected chi connectivity index (χ2v) is 5.11. The van der Waals surface area contributed by atoms with Gasteiger partial charge in [0.05, 0.1) is 0 Å². The molecule has 3 nitrogen and oxygen atoms in total. The van der Waals surface area contributed by atoms with E-state index < -0.39 is 17.5 Å². The van der Waals surface area contributed by atoms with Gasteiger partial charge in [-0.15, -0.1) is 11.6 Å². The molecular formula is C12H12ClF3N2O. The van der Waals surface area contributed by atoms with Gasteiger partial charge in [0.25, 0.3) is 0 Å². The SMILES string of the molecule is Cc1ccc2c(n1)NC(=O)CC2CC(Cl)C(F)(F)F. The molecule has 7 heteroatoms. The normalized spacial score (nSPS) is 20.7. The molecule has 2 atom stereocenters. The number of alkyl halides is 4. The van der Waals surface area contributed by atoms with Crippen molar-refractivity contribution in [3.05, 3.63) is 23.4 Å². The maximum atomic E-state index is 12.5. The van der Waals surface area contributed by atoms with Gasteiger partial charge in [-0.3, -0.25) is 4.79 Å². The first kappa shape index (κ1) is 14.1. The average Bonchev–Trinajstić information content (AvgIpc) is 2.26. The number of nitrogens with one attached hydrogen (secondary N) is 1. The van der Waals surface area contributed by atoms with Gasteiger partial charge in [0.1, 0.15) is 11.2 Å². The molecule has 2 unspecified atom stereocenters. The molecule has 0 saturated heterocycles. The number of anilines is 1. The van der Waals surface area contributed by atoms with Crippen LogP contribution >= 0.6 is 11.6 Å². The molecule has 0 spiro atoms. The highest BCUT2D eigenvalue weighted by molar-refractivity contribution is 6.21. The third-order valence-electron chi connectivity index (χ3n) is 3.04. The molecule has 2 heterocycles. The third kappa shape index (κ3) is 3.18. The summed E-state index contributed by atoms with van der Waals surface area (Å²) in [5, 5.41) is 0.608. The molecule has 0 aliphatic carbocycles. The van der Waals surface area contributed by atoms with Crippen molar-refractivity contribution in [3.63, 3.8) is 0 Å². The Kier molecular flexibility index (Phi) is 3.71. The molecule has 0 radical (unpaired) electrons. The minimum absolute atomic E-state index is 0.00294. The molecule has 1 N–H and O–H groups in total. The smallest absolute Gasteiger partial charge is 0.310 e. The fourth-order valence-electron chi connectivity index (χ4n) is 2.11. The second-order valence-electron chi connectivity index (χ2n) is 4.58. The standard InChI is InChI=1S/C12H12ClF3N2O/c1-6-2-3-8-7(4-9(13)12(14,15)16)5-10(19)18-11(8)17-6/h2-3,7,9H,4-5H2,1H3,(H,17,18,19). The molecule has 1 aromatic rings. The van der Waals surface area contributed by atoms with E-state index in [-0.39, 0.29) is 18.7 Å². The van der Waals surface area contributed by atoms with E-state index in [1.165, 1.54) is 0 Å². The molecule has 1 aromatic heterocycles. The first-order valence-electron chi connectivity index (χ1n) is 5.75. The summed E-state index contributed by atoms with van der Waals surface area (Å²) in [5.74, 6) is -0.546. The van der Waals surface area contributed by atoms with Gasteiger partial charge in [-0.1, -0.05) is 6.07 Å². The van der Waals surface area contributed by atoms with Crippen LogP contribution in [-0.4, -0.2) is 22.4 Å². The summed E-state index contributed by atoms with van der Waals surface area (Å²) in [7, 11) is 0. The van der Waals surface area contributed by atoms with E-state index in [4.69, 9.17) is 11.6 Å². The number of amides is 1. The predicted molar refractivity (Wildman–Crippen MR) is 65.3 cm³/mol. The largest absolute Gasteiger partial charge is 0.404 e. The predicted octanol–water partition coefficient (Wildman–Crippen LogP) is 3.38. The van der Waals surface area contributed by atoms with Gasteiger partial charge >= 0.3 is 6.18 Å². The van der Waals surface area contributed by atoms with Gasteiger partial charge in [0.2, 0.25) is 5.91 Å². The number of hydrogen-bond acceptors (Lipinski definition) is 2. The zero-order chi connectivity index (χ0) is 14.2. The molecule has 1 aliphatic heterocycles. The highest BCUT2D eigenvalue weighted by atomic mass is 35.5. The van der Waals surface area contributed by atoms with E-state index in [0.717, 1.165) is 0 Å². The number of nitrogens with zero attached hydrogens (tertiary/aromatic N) is 1. The summed E-state index contributed by atoms with van der Waals surface area (Å²) in [6.45, 7) is 1.75. The highest BCUT2D eigenvalue weighted by Crippen LogP contribution is 2.39. The van der Waals surface area contributed by atoms with E-state index in [1.807, 2.05) is 0 Å². The summed E-state index contributed by atoms with van der Waals surface area (Å²) in [5.41, 5.74) is 1.30. The van der Waals surface area contributed by atoms with Crippen molar-refractivity contribution >= 4 is 23.3 Å². The van der Waals surface area contributed by atoms with E-state index in [9.17, 15) is 18.0 Å². The van der Waals surface area contributed by atoms with Crippen LogP contribution in [0.25, 0.3) is 0 Å². The highest BCUT2D eigenvalue weighted by Gasteiger charge is 2.41. The fourth-order valence-corrected chi connectivity index (χ4v) is 2.32. The van der Waals surface area contributed by atoms with Gasteiger partial charge in [0.15, 0.2) is 0 Å². The zero-order valence-electron chi connectivity index (χ0n) is 10.1. The Hall–Kier alpha value is -1.30. The summed E-state index contributed by atoms with van der Waals surface area (Å²) in [4.78, 5) is 15.6. The van der Waals surface area contributed by atoms with Crippen LogP contribution < -0.4 is 5.32 Å². The van der Waals surface area contributed by atoms with Crippen molar-refractivity contribution in [2.75, 3.05) is 5.32 Å². The Morgan fingerprint density at radius 2 is 2.21 bits per heavy atom. The van der Waals surface area contributed by atoms with Crippen LogP contribution in [0, 0.1) is 6.92 Å².